The number of esters is 1. The monoisotopic (exact) mass is 432 g/mol. The molecule has 0 saturated carbocycles. The molecule has 1 aliphatic rings. The van der Waals surface area contributed by atoms with E-state index >= 15 is 0 Å². The molecule has 1 fully saturated rings. The van der Waals surface area contributed by atoms with Crippen LogP contribution in [0.25, 0.3) is 0 Å². The molecule has 2 N–H and O–H groups in total. The topological polar surface area (TPSA) is 116 Å². The number of carbonyl (C=O) groups is 2. The Bertz CT molecular complexity index is 984. The van der Waals surface area contributed by atoms with Gasteiger partial charge >= 0.3 is 5.97 Å². The van der Waals surface area contributed by atoms with E-state index in [1.807, 2.05) is 0 Å². The summed E-state index contributed by atoms with van der Waals surface area (Å²) in [5.41, 5.74) is 5.90. The van der Waals surface area contributed by atoms with Gasteiger partial charge in [0.15, 0.2) is 0 Å². The number of carbonyl (C=O) groups excluding carboxylic acids is 2. The number of piperidine rings is 1. The Morgan fingerprint density at radius 3 is 2.17 bits per heavy atom. The average Bonchev–Trinajstić information content (AvgIpc) is 2.77. The van der Waals surface area contributed by atoms with Gasteiger partial charge in [-0.15, -0.1) is 0 Å². The minimum absolute atomic E-state index is 0.169. The molecule has 0 aliphatic carbocycles. The number of hydrogen-bond donors (Lipinski definition) is 1. The number of rotatable bonds is 7. The minimum atomic E-state index is -3.66. The maximum atomic E-state index is 12.8. The second-order valence-electron chi connectivity index (χ2n) is 6.98. The zero-order chi connectivity index (χ0) is 21.7. The number of primary amides is 1. The van der Waals surface area contributed by atoms with Gasteiger partial charge in [-0.1, -0.05) is 30.3 Å². The number of nitrogens with zero attached hydrogens (tertiary/aromatic N) is 1. The lowest BCUT2D eigenvalue weighted by molar-refractivity contribution is -0.160. The van der Waals surface area contributed by atoms with E-state index in [9.17, 15) is 18.0 Å². The van der Waals surface area contributed by atoms with Gasteiger partial charge in [0.1, 0.15) is 5.75 Å². The molecule has 1 saturated heterocycles. The van der Waals surface area contributed by atoms with Gasteiger partial charge in [-0.25, -0.2) is 8.42 Å². The highest BCUT2D eigenvalue weighted by Crippen LogP contribution is 2.27. The molecule has 8 nitrogen and oxygen atoms in total. The Morgan fingerprint density at radius 1 is 1.03 bits per heavy atom. The van der Waals surface area contributed by atoms with E-state index in [0.29, 0.717) is 24.2 Å². The van der Waals surface area contributed by atoms with Crippen molar-refractivity contribution < 1.29 is 27.5 Å². The van der Waals surface area contributed by atoms with E-state index in [0.717, 1.165) is 0 Å². The smallest absolute Gasteiger partial charge is 0.310 e. The second kappa shape index (κ2) is 9.27. The Kier molecular flexibility index (Phi) is 6.73. The van der Waals surface area contributed by atoms with Crippen molar-refractivity contribution in [3.8, 4) is 5.75 Å². The van der Waals surface area contributed by atoms with Crippen molar-refractivity contribution in [2.45, 2.75) is 23.8 Å². The zero-order valence-electron chi connectivity index (χ0n) is 16.6. The summed E-state index contributed by atoms with van der Waals surface area (Å²) in [6.07, 6.45) is -0.567. The van der Waals surface area contributed by atoms with Crippen molar-refractivity contribution >= 4 is 21.9 Å². The number of hydrogen-bond acceptors (Lipinski definition) is 6. The molecule has 2 aromatic rings. The maximum absolute atomic E-state index is 12.8. The van der Waals surface area contributed by atoms with Gasteiger partial charge in [0, 0.05) is 18.7 Å². The summed E-state index contributed by atoms with van der Waals surface area (Å²) in [6.45, 7) is 0.363. The van der Waals surface area contributed by atoms with Crippen molar-refractivity contribution in [2.75, 3.05) is 20.2 Å². The normalized spacial score (nSPS) is 16.6. The molecule has 2 aromatic carbocycles. The number of benzene rings is 2. The summed E-state index contributed by atoms with van der Waals surface area (Å²) < 4.78 is 37.4. The standard InChI is InChI=1S/C21H24N2O6S/c1-28-17-7-9-18(10-8-17)30(26,27)23-13-11-16(12-14-23)21(25)29-19(20(22)24)15-5-3-2-4-6-15/h2-10,16,19H,11-14H2,1H3,(H2,22,24). The molecule has 1 unspecified atom stereocenters. The number of methoxy groups -OCH3 is 1. The molecule has 1 atom stereocenters. The molecule has 30 heavy (non-hydrogen) atoms. The van der Waals surface area contributed by atoms with Crippen LogP contribution < -0.4 is 10.5 Å². The molecule has 0 bridgehead atoms. The number of nitrogens with two attached hydrogens (primary N) is 1. The molecule has 160 valence electrons. The third-order valence-electron chi connectivity index (χ3n) is 5.08. The summed E-state index contributed by atoms with van der Waals surface area (Å²) >= 11 is 0. The van der Waals surface area contributed by atoms with Gasteiger partial charge in [0.2, 0.25) is 16.1 Å². The molecule has 0 spiro atoms. The van der Waals surface area contributed by atoms with Crippen molar-refractivity contribution in [2.24, 2.45) is 11.7 Å². The molecule has 3 rings (SSSR count). The number of ether oxygens (including phenoxy) is 2. The molecule has 9 heteroatoms. The van der Waals surface area contributed by atoms with Gasteiger partial charge in [-0.05, 0) is 37.1 Å². The van der Waals surface area contributed by atoms with Crippen LogP contribution in [0.2, 0.25) is 0 Å². The molecule has 1 heterocycles. The number of sulfonamides is 1. The van der Waals surface area contributed by atoms with Crippen LogP contribution in [0.5, 0.6) is 5.75 Å². The molecule has 1 aliphatic heterocycles. The summed E-state index contributed by atoms with van der Waals surface area (Å²) in [5, 5.41) is 0. The zero-order valence-corrected chi connectivity index (χ0v) is 17.4. The van der Waals surface area contributed by atoms with E-state index in [-0.39, 0.29) is 18.0 Å². The summed E-state index contributed by atoms with van der Waals surface area (Å²) in [6, 6.07) is 14.7. The Labute approximate surface area is 175 Å². The van der Waals surface area contributed by atoms with Crippen molar-refractivity contribution in [3.05, 3.63) is 60.2 Å². The van der Waals surface area contributed by atoms with E-state index in [1.165, 1.54) is 23.5 Å². The second-order valence-corrected chi connectivity index (χ2v) is 8.92. The molecular formula is C21H24N2O6S. The highest BCUT2D eigenvalue weighted by Gasteiger charge is 2.34. The maximum Gasteiger partial charge on any atom is 0.310 e. The fourth-order valence-electron chi connectivity index (χ4n) is 3.36. The Balaban J connectivity index is 1.62. The first-order chi connectivity index (χ1) is 14.3. The lowest BCUT2D eigenvalue weighted by Crippen LogP contribution is -2.41. The first kappa shape index (κ1) is 21.8. The van der Waals surface area contributed by atoms with Gasteiger partial charge < -0.3 is 15.2 Å². The van der Waals surface area contributed by atoms with Crippen LogP contribution in [0.1, 0.15) is 24.5 Å². The van der Waals surface area contributed by atoms with Crippen LogP contribution in [-0.4, -0.2) is 44.8 Å². The third-order valence-corrected chi connectivity index (χ3v) is 6.99. The summed E-state index contributed by atoms with van der Waals surface area (Å²) in [7, 11) is -2.16. The van der Waals surface area contributed by atoms with Crippen molar-refractivity contribution in [1.82, 2.24) is 4.31 Å². The van der Waals surface area contributed by atoms with Gasteiger partial charge in [-0.3, -0.25) is 9.59 Å². The van der Waals surface area contributed by atoms with Crippen LogP contribution >= 0.6 is 0 Å². The average molecular weight is 432 g/mol. The fourth-order valence-corrected chi connectivity index (χ4v) is 4.83. The van der Waals surface area contributed by atoms with Crippen molar-refractivity contribution in [3.63, 3.8) is 0 Å². The fraction of sp³-hybridized carbons (Fsp3) is 0.333. The van der Waals surface area contributed by atoms with E-state index in [1.54, 1.807) is 42.5 Å². The van der Waals surface area contributed by atoms with Crippen LogP contribution in [0.15, 0.2) is 59.5 Å². The van der Waals surface area contributed by atoms with Gasteiger partial charge in [0.25, 0.3) is 5.91 Å². The van der Waals surface area contributed by atoms with E-state index < -0.39 is 33.9 Å². The predicted octanol–water partition coefficient (Wildman–Crippen LogP) is 1.87. The van der Waals surface area contributed by atoms with Gasteiger partial charge in [0.05, 0.1) is 17.9 Å². The Morgan fingerprint density at radius 2 is 1.63 bits per heavy atom. The SMILES string of the molecule is COc1ccc(S(=O)(=O)N2CCC(C(=O)OC(C(N)=O)c3ccccc3)CC2)cc1. The van der Waals surface area contributed by atoms with Crippen LogP contribution in [0, 0.1) is 5.92 Å². The minimum Gasteiger partial charge on any atom is -0.497 e. The third kappa shape index (κ3) is 4.80. The first-order valence-corrected chi connectivity index (χ1v) is 11.0. The van der Waals surface area contributed by atoms with E-state index in [2.05, 4.69) is 0 Å². The Hall–Kier alpha value is -2.91. The van der Waals surface area contributed by atoms with Crippen LogP contribution in [0.4, 0.5) is 0 Å². The largest absolute Gasteiger partial charge is 0.497 e. The lowest BCUT2D eigenvalue weighted by atomic mass is 9.98. The highest BCUT2D eigenvalue weighted by molar-refractivity contribution is 7.89. The lowest BCUT2D eigenvalue weighted by Gasteiger charge is -2.30. The molecule has 0 radical (unpaired) electrons. The number of amides is 1. The molecule has 1 amide bonds. The predicted molar refractivity (Wildman–Crippen MR) is 109 cm³/mol. The highest BCUT2D eigenvalue weighted by atomic mass is 32.2. The summed E-state index contributed by atoms with van der Waals surface area (Å²) in [4.78, 5) is 24.5. The van der Waals surface area contributed by atoms with E-state index in [4.69, 9.17) is 15.2 Å². The summed E-state index contributed by atoms with van der Waals surface area (Å²) in [5.74, 6) is -1.24. The van der Waals surface area contributed by atoms with Crippen LogP contribution in [0.3, 0.4) is 0 Å². The van der Waals surface area contributed by atoms with Gasteiger partial charge in [-0.2, -0.15) is 4.31 Å². The molecule has 0 aromatic heterocycles. The van der Waals surface area contributed by atoms with Crippen molar-refractivity contribution in [1.29, 1.82) is 0 Å². The molecular weight excluding hydrogens is 408 g/mol. The quantitative estimate of drug-likeness (QED) is 0.668. The van der Waals surface area contributed by atoms with Crippen LogP contribution in [-0.2, 0) is 24.3 Å². The first-order valence-electron chi connectivity index (χ1n) is 9.52.